The Balaban J connectivity index is 1.99. The Hall–Kier alpha value is -0.860. The van der Waals surface area contributed by atoms with Crippen LogP contribution in [0, 0.1) is 0 Å². The summed E-state index contributed by atoms with van der Waals surface area (Å²) in [5.74, 6) is 0.616. The van der Waals surface area contributed by atoms with E-state index in [0.717, 1.165) is 19.8 Å². The molecule has 0 unspecified atom stereocenters. The van der Waals surface area contributed by atoms with E-state index in [-0.39, 0.29) is 0 Å². The number of rotatable bonds is 3. The molecule has 2 nitrogen and oxygen atoms in total. The minimum Gasteiger partial charge on any atom is -0.380 e. The van der Waals surface area contributed by atoms with Gasteiger partial charge in [0.1, 0.15) is 0 Å². The van der Waals surface area contributed by atoms with Crippen molar-refractivity contribution in [2.45, 2.75) is 24.2 Å². The SMILES string of the molecule is NCC1(c2ccccc2C2COC2)CC1. The summed E-state index contributed by atoms with van der Waals surface area (Å²) in [4.78, 5) is 0. The van der Waals surface area contributed by atoms with Crippen LogP contribution in [-0.4, -0.2) is 19.8 Å². The van der Waals surface area contributed by atoms with E-state index in [9.17, 15) is 0 Å². The van der Waals surface area contributed by atoms with E-state index in [1.54, 1.807) is 0 Å². The molecule has 0 bridgehead atoms. The van der Waals surface area contributed by atoms with Crippen molar-refractivity contribution in [2.75, 3.05) is 19.8 Å². The fourth-order valence-electron chi connectivity index (χ4n) is 2.49. The van der Waals surface area contributed by atoms with Gasteiger partial charge in [-0.2, -0.15) is 0 Å². The first-order valence-electron chi connectivity index (χ1n) is 5.73. The number of benzene rings is 1. The molecule has 2 aliphatic rings. The van der Waals surface area contributed by atoms with Crippen LogP contribution in [0.25, 0.3) is 0 Å². The Bertz CT molecular complexity index is 367. The summed E-state index contributed by atoms with van der Waals surface area (Å²) in [6.45, 7) is 2.56. The molecule has 0 atom stereocenters. The van der Waals surface area contributed by atoms with Crippen LogP contribution in [0.2, 0.25) is 0 Å². The Morgan fingerprint density at radius 2 is 2.00 bits per heavy atom. The highest BCUT2D eigenvalue weighted by atomic mass is 16.5. The standard InChI is InChI=1S/C13H17NO/c14-9-13(5-6-13)12-4-2-1-3-11(12)10-7-15-8-10/h1-4,10H,5-9,14H2. The number of ether oxygens (including phenoxy) is 1. The van der Waals surface area contributed by atoms with Crippen molar-refractivity contribution in [3.63, 3.8) is 0 Å². The van der Waals surface area contributed by atoms with E-state index in [1.165, 1.54) is 24.0 Å². The molecule has 1 saturated heterocycles. The van der Waals surface area contributed by atoms with Crippen LogP contribution in [0.1, 0.15) is 29.9 Å². The van der Waals surface area contributed by atoms with Gasteiger partial charge in [0, 0.05) is 17.9 Å². The summed E-state index contributed by atoms with van der Waals surface area (Å²) in [6, 6.07) is 8.77. The van der Waals surface area contributed by atoms with Gasteiger partial charge in [0.15, 0.2) is 0 Å². The fourth-order valence-corrected chi connectivity index (χ4v) is 2.49. The predicted octanol–water partition coefficient (Wildman–Crippen LogP) is 1.79. The Morgan fingerprint density at radius 1 is 1.27 bits per heavy atom. The maximum Gasteiger partial charge on any atom is 0.0557 e. The zero-order valence-electron chi connectivity index (χ0n) is 8.91. The minimum atomic E-state index is 0.312. The summed E-state index contributed by atoms with van der Waals surface area (Å²) in [5.41, 5.74) is 9.18. The van der Waals surface area contributed by atoms with Crippen LogP contribution in [0.3, 0.4) is 0 Å². The lowest BCUT2D eigenvalue weighted by atomic mass is 9.84. The predicted molar refractivity (Wildman–Crippen MR) is 60.0 cm³/mol. The van der Waals surface area contributed by atoms with E-state index in [4.69, 9.17) is 10.5 Å². The highest BCUT2D eigenvalue weighted by Crippen LogP contribution is 2.50. The van der Waals surface area contributed by atoms with Crippen molar-refractivity contribution in [3.8, 4) is 0 Å². The lowest BCUT2D eigenvalue weighted by molar-refractivity contribution is 0.00790. The maximum atomic E-state index is 5.90. The summed E-state index contributed by atoms with van der Waals surface area (Å²) in [7, 11) is 0. The smallest absolute Gasteiger partial charge is 0.0557 e. The van der Waals surface area contributed by atoms with Crippen molar-refractivity contribution in [1.29, 1.82) is 0 Å². The molecule has 1 aromatic rings. The van der Waals surface area contributed by atoms with Gasteiger partial charge < -0.3 is 10.5 Å². The molecule has 0 amide bonds. The molecule has 0 radical (unpaired) electrons. The first-order valence-corrected chi connectivity index (χ1v) is 5.73. The molecule has 0 spiro atoms. The summed E-state index contributed by atoms with van der Waals surface area (Å²) < 4.78 is 5.28. The maximum absolute atomic E-state index is 5.90. The molecular weight excluding hydrogens is 186 g/mol. The summed E-state index contributed by atoms with van der Waals surface area (Å²) >= 11 is 0. The van der Waals surface area contributed by atoms with Crippen LogP contribution in [-0.2, 0) is 10.2 Å². The van der Waals surface area contributed by atoms with E-state index < -0.39 is 0 Å². The van der Waals surface area contributed by atoms with Gasteiger partial charge in [-0.05, 0) is 24.0 Å². The Morgan fingerprint density at radius 3 is 2.53 bits per heavy atom. The summed E-state index contributed by atoms with van der Waals surface area (Å²) in [6.07, 6.45) is 2.52. The highest BCUT2D eigenvalue weighted by molar-refractivity contribution is 5.41. The largest absolute Gasteiger partial charge is 0.380 e. The molecule has 0 aromatic heterocycles. The zero-order chi connectivity index (χ0) is 10.3. The van der Waals surface area contributed by atoms with E-state index in [2.05, 4.69) is 24.3 Å². The quantitative estimate of drug-likeness (QED) is 0.813. The molecular formula is C13H17NO. The Labute approximate surface area is 90.4 Å². The van der Waals surface area contributed by atoms with E-state index in [1.807, 2.05) is 0 Å². The molecule has 1 aliphatic carbocycles. The van der Waals surface area contributed by atoms with Crippen molar-refractivity contribution in [3.05, 3.63) is 35.4 Å². The third kappa shape index (κ3) is 1.40. The molecule has 2 heteroatoms. The van der Waals surface area contributed by atoms with E-state index >= 15 is 0 Å². The normalized spacial score (nSPS) is 23.5. The summed E-state index contributed by atoms with van der Waals surface area (Å²) in [5, 5.41) is 0. The second-order valence-corrected chi connectivity index (χ2v) is 4.81. The average molecular weight is 203 g/mol. The van der Waals surface area contributed by atoms with Gasteiger partial charge in [0.25, 0.3) is 0 Å². The van der Waals surface area contributed by atoms with E-state index in [0.29, 0.717) is 11.3 Å². The molecule has 2 N–H and O–H groups in total. The highest BCUT2D eigenvalue weighted by Gasteiger charge is 2.45. The van der Waals surface area contributed by atoms with Crippen molar-refractivity contribution in [2.24, 2.45) is 5.73 Å². The molecule has 1 heterocycles. The molecule has 80 valence electrons. The number of nitrogens with two attached hydrogens (primary N) is 1. The second kappa shape index (κ2) is 3.32. The van der Waals surface area contributed by atoms with Crippen molar-refractivity contribution >= 4 is 0 Å². The van der Waals surface area contributed by atoms with Crippen molar-refractivity contribution in [1.82, 2.24) is 0 Å². The topological polar surface area (TPSA) is 35.2 Å². The fraction of sp³-hybridized carbons (Fsp3) is 0.538. The molecule has 3 rings (SSSR count). The first kappa shape index (κ1) is 9.37. The van der Waals surface area contributed by atoms with Crippen LogP contribution in [0.15, 0.2) is 24.3 Å². The van der Waals surface area contributed by atoms with Gasteiger partial charge in [-0.15, -0.1) is 0 Å². The van der Waals surface area contributed by atoms with Crippen LogP contribution >= 0.6 is 0 Å². The van der Waals surface area contributed by atoms with Crippen LogP contribution in [0.5, 0.6) is 0 Å². The number of hydrogen-bond donors (Lipinski definition) is 1. The lowest BCUT2D eigenvalue weighted by Crippen LogP contribution is -2.29. The minimum absolute atomic E-state index is 0.312. The van der Waals surface area contributed by atoms with Gasteiger partial charge in [-0.25, -0.2) is 0 Å². The van der Waals surface area contributed by atoms with Crippen molar-refractivity contribution < 1.29 is 4.74 Å². The average Bonchev–Trinajstić information content (AvgIpc) is 2.97. The second-order valence-electron chi connectivity index (χ2n) is 4.81. The van der Waals surface area contributed by atoms with Gasteiger partial charge in [-0.3, -0.25) is 0 Å². The molecule has 1 aromatic carbocycles. The number of hydrogen-bond acceptors (Lipinski definition) is 2. The Kier molecular flexibility index (Phi) is 2.08. The first-order chi connectivity index (χ1) is 7.36. The molecule has 1 aliphatic heterocycles. The third-order valence-corrected chi connectivity index (χ3v) is 3.85. The van der Waals surface area contributed by atoms with Gasteiger partial charge in [0.05, 0.1) is 13.2 Å². The van der Waals surface area contributed by atoms with Gasteiger partial charge in [0.2, 0.25) is 0 Å². The van der Waals surface area contributed by atoms with Crippen LogP contribution in [0.4, 0.5) is 0 Å². The molecule has 15 heavy (non-hydrogen) atoms. The zero-order valence-corrected chi connectivity index (χ0v) is 8.91. The monoisotopic (exact) mass is 203 g/mol. The third-order valence-electron chi connectivity index (χ3n) is 3.85. The lowest BCUT2D eigenvalue weighted by Gasteiger charge is -2.30. The van der Waals surface area contributed by atoms with Gasteiger partial charge in [-0.1, -0.05) is 24.3 Å². The van der Waals surface area contributed by atoms with Crippen LogP contribution < -0.4 is 5.73 Å². The molecule has 2 fully saturated rings. The van der Waals surface area contributed by atoms with Gasteiger partial charge >= 0.3 is 0 Å². The molecule has 1 saturated carbocycles.